The fraction of sp³-hybridized carbons (Fsp3) is 0.167. The highest BCUT2D eigenvalue weighted by Gasteiger charge is 2.09. The van der Waals surface area contributed by atoms with Gasteiger partial charge in [-0.1, -0.05) is 30.3 Å². The van der Waals surface area contributed by atoms with Gasteiger partial charge in [-0.25, -0.2) is 4.98 Å². The van der Waals surface area contributed by atoms with Crippen LogP contribution in [0.1, 0.15) is 11.3 Å². The average molecular weight is 294 g/mol. The van der Waals surface area contributed by atoms with Gasteiger partial charge in [0.15, 0.2) is 11.5 Å². The summed E-state index contributed by atoms with van der Waals surface area (Å²) in [6, 6.07) is 15.9. The van der Waals surface area contributed by atoms with Crippen LogP contribution < -0.4 is 9.47 Å². The summed E-state index contributed by atoms with van der Waals surface area (Å²) in [7, 11) is 1.64. The molecule has 1 N–H and O–H groups in total. The standard InChI is InChI=1S/C18H18N2O2/c1-13-11-19-18(20-13)15-8-9-16(17(10-15)21-2)22-12-14-6-4-3-5-7-14/h3-11H,12H2,1-2H3,(H,19,20). The van der Waals surface area contributed by atoms with Crippen molar-refractivity contribution in [3.8, 4) is 22.9 Å². The SMILES string of the molecule is COc1cc(-c2ncc(C)[nH]2)ccc1OCc1ccccc1. The Morgan fingerprint density at radius 2 is 1.86 bits per heavy atom. The summed E-state index contributed by atoms with van der Waals surface area (Å²) in [5.74, 6) is 2.24. The molecule has 4 heteroatoms. The van der Waals surface area contributed by atoms with E-state index in [4.69, 9.17) is 9.47 Å². The van der Waals surface area contributed by atoms with Crippen LogP contribution in [0.5, 0.6) is 11.5 Å². The maximum Gasteiger partial charge on any atom is 0.161 e. The third-order valence-corrected chi connectivity index (χ3v) is 3.38. The molecule has 22 heavy (non-hydrogen) atoms. The van der Waals surface area contributed by atoms with Crippen molar-refractivity contribution in [2.45, 2.75) is 13.5 Å². The minimum Gasteiger partial charge on any atom is -0.493 e. The van der Waals surface area contributed by atoms with Gasteiger partial charge in [0.2, 0.25) is 0 Å². The van der Waals surface area contributed by atoms with Crippen LogP contribution in [0.15, 0.2) is 54.7 Å². The summed E-state index contributed by atoms with van der Waals surface area (Å²) >= 11 is 0. The largest absolute Gasteiger partial charge is 0.493 e. The fourth-order valence-corrected chi connectivity index (χ4v) is 2.23. The minimum atomic E-state index is 0.510. The summed E-state index contributed by atoms with van der Waals surface area (Å²) in [5, 5.41) is 0. The first-order chi connectivity index (χ1) is 10.8. The Morgan fingerprint density at radius 1 is 1.05 bits per heavy atom. The number of benzene rings is 2. The van der Waals surface area contributed by atoms with Crippen LogP contribution >= 0.6 is 0 Å². The molecule has 2 aromatic carbocycles. The van der Waals surface area contributed by atoms with Gasteiger partial charge < -0.3 is 14.5 Å². The normalized spacial score (nSPS) is 10.5. The van der Waals surface area contributed by atoms with Crippen molar-refractivity contribution in [3.05, 3.63) is 66.0 Å². The molecule has 0 aliphatic carbocycles. The Morgan fingerprint density at radius 3 is 2.55 bits per heavy atom. The highest BCUT2D eigenvalue weighted by atomic mass is 16.5. The van der Waals surface area contributed by atoms with Crippen LogP contribution in [0, 0.1) is 6.92 Å². The maximum absolute atomic E-state index is 5.85. The molecule has 0 aliphatic heterocycles. The molecule has 0 amide bonds. The van der Waals surface area contributed by atoms with E-state index in [0.29, 0.717) is 12.4 Å². The van der Waals surface area contributed by atoms with Crippen LogP contribution in [-0.2, 0) is 6.61 Å². The first-order valence-corrected chi connectivity index (χ1v) is 7.13. The third-order valence-electron chi connectivity index (χ3n) is 3.38. The van der Waals surface area contributed by atoms with Gasteiger partial charge in [-0.15, -0.1) is 0 Å². The van der Waals surface area contributed by atoms with E-state index in [1.807, 2.05) is 61.7 Å². The number of aromatic nitrogens is 2. The molecule has 0 aliphatic rings. The summed E-state index contributed by atoms with van der Waals surface area (Å²) < 4.78 is 11.3. The minimum absolute atomic E-state index is 0.510. The van der Waals surface area contributed by atoms with Gasteiger partial charge in [0.05, 0.1) is 7.11 Å². The van der Waals surface area contributed by atoms with E-state index >= 15 is 0 Å². The molecule has 1 heterocycles. The lowest BCUT2D eigenvalue weighted by Crippen LogP contribution is -1.98. The van der Waals surface area contributed by atoms with Crippen LogP contribution in [0.4, 0.5) is 0 Å². The van der Waals surface area contributed by atoms with E-state index in [9.17, 15) is 0 Å². The number of methoxy groups -OCH3 is 1. The second kappa shape index (κ2) is 6.35. The van der Waals surface area contributed by atoms with Gasteiger partial charge in [0, 0.05) is 17.5 Å². The first-order valence-electron chi connectivity index (χ1n) is 7.13. The molecule has 0 fully saturated rings. The smallest absolute Gasteiger partial charge is 0.161 e. The molecule has 112 valence electrons. The second-order valence-electron chi connectivity index (χ2n) is 5.05. The molecule has 1 aromatic heterocycles. The van der Waals surface area contributed by atoms with Crippen LogP contribution in [0.2, 0.25) is 0 Å². The number of rotatable bonds is 5. The number of aryl methyl sites for hydroxylation is 1. The van der Waals surface area contributed by atoms with Gasteiger partial charge >= 0.3 is 0 Å². The molecule has 4 nitrogen and oxygen atoms in total. The van der Waals surface area contributed by atoms with Crippen molar-refractivity contribution >= 4 is 0 Å². The van der Waals surface area contributed by atoms with Gasteiger partial charge in [0.25, 0.3) is 0 Å². The average Bonchev–Trinajstić information content (AvgIpc) is 3.00. The predicted molar refractivity (Wildman–Crippen MR) is 86.1 cm³/mol. The van der Waals surface area contributed by atoms with E-state index < -0.39 is 0 Å². The van der Waals surface area contributed by atoms with Crippen LogP contribution in [-0.4, -0.2) is 17.1 Å². The Labute approximate surface area is 129 Å². The zero-order chi connectivity index (χ0) is 15.4. The van der Waals surface area contributed by atoms with E-state index in [1.54, 1.807) is 7.11 Å². The van der Waals surface area contributed by atoms with E-state index in [2.05, 4.69) is 9.97 Å². The van der Waals surface area contributed by atoms with E-state index in [-0.39, 0.29) is 0 Å². The zero-order valence-electron chi connectivity index (χ0n) is 12.7. The van der Waals surface area contributed by atoms with E-state index in [1.165, 1.54) is 0 Å². The van der Waals surface area contributed by atoms with E-state index in [0.717, 1.165) is 28.4 Å². The number of imidazole rings is 1. The summed E-state index contributed by atoms with van der Waals surface area (Å²) in [4.78, 5) is 7.55. The highest BCUT2D eigenvalue weighted by Crippen LogP contribution is 2.32. The molecule has 0 atom stereocenters. The predicted octanol–water partition coefficient (Wildman–Crippen LogP) is 3.97. The molecule has 0 radical (unpaired) electrons. The quantitative estimate of drug-likeness (QED) is 0.774. The Kier molecular flexibility index (Phi) is 4.10. The number of hydrogen-bond donors (Lipinski definition) is 1. The highest BCUT2D eigenvalue weighted by molar-refractivity contribution is 5.61. The molecular formula is C18H18N2O2. The van der Waals surface area contributed by atoms with Crippen molar-refractivity contribution in [2.75, 3.05) is 7.11 Å². The molecular weight excluding hydrogens is 276 g/mol. The van der Waals surface area contributed by atoms with Gasteiger partial charge in [0.1, 0.15) is 12.4 Å². The van der Waals surface area contributed by atoms with Gasteiger partial charge in [-0.05, 0) is 30.7 Å². The van der Waals surface area contributed by atoms with Gasteiger partial charge in [-0.3, -0.25) is 0 Å². The number of aromatic amines is 1. The summed E-state index contributed by atoms with van der Waals surface area (Å²) in [6.07, 6.45) is 1.81. The number of ether oxygens (including phenoxy) is 2. The second-order valence-corrected chi connectivity index (χ2v) is 5.05. The molecule has 0 spiro atoms. The number of H-pyrrole nitrogens is 1. The molecule has 3 rings (SSSR count). The summed E-state index contributed by atoms with van der Waals surface area (Å²) in [6.45, 7) is 2.49. The van der Waals surface area contributed by atoms with Crippen molar-refractivity contribution in [2.24, 2.45) is 0 Å². The molecule has 0 saturated heterocycles. The zero-order valence-corrected chi connectivity index (χ0v) is 12.7. The lowest BCUT2D eigenvalue weighted by Gasteiger charge is -2.11. The third kappa shape index (κ3) is 3.11. The van der Waals surface area contributed by atoms with Crippen molar-refractivity contribution < 1.29 is 9.47 Å². The number of hydrogen-bond acceptors (Lipinski definition) is 3. The van der Waals surface area contributed by atoms with Crippen LogP contribution in [0.3, 0.4) is 0 Å². The lowest BCUT2D eigenvalue weighted by molar-refractivity contribution is 0.284. The van der Waals surface area contributed by atoms with Crippen molar-refractivity contribution in [3.63, 3.8) is 0 Å². The molecule has 0 saturated carbocycles. The van der Waals surface area contributed by atoms with Crippen LogP contribution in [0.25, 0.3) is 11.4 Å². The summed E-state index contributed by atoms with van der Waals surface area (Å²) in [5.41, 5.74) is 3.12. The molecule has 3 aromatic rings. The first kappa shape index (κ1) is 14.2. The topological polar surface area (TPSA) is 47.1 Å². The Balaban J connectivity index is 1.80. The van der Waals surface area contributed by atoms with Gasteiger partial charge in [-0.2, -0.15) is 0 Å². The Hall–Kier alpha value is -2.75. The molecule has 0 unspecified atom stereocenters. The Bertz CT molecular complexity index is 751. The monoisotopic (exact) mass is 294 g/mol. The number of nitrogens with zero attached hydrogens (tertiary/aromatic N) is 1. The maximum atomic E-state index is 5.85. The lowest BCUT2D eigenvalue weighted by atomic mass is 10.2. The number of nitrogens with one attached hydrogen (secondary N) is 1. The molecule has 0 bridgehead atoms. The van der Waals surface area contributed by atoms with Crippen molar-refractivity contribution in [1.82, 2.24) is 9.97 Å². The fourth-order valence-electron chi connectivity index (χ4n) is 2.23. The van der Waals surface area contributed by atoms with Crippen molar-refractivity contribution in [1.29, 1.82) is 0 Å².